The third kappa shape index (κ3) is 6.44. The van der Waals surface area contributed by atoms with Crippen LogP contribution in [0.1, 0.15) is 44.0 Å². The lowest BCUT2D eigenvalue weighted by Crippen LogP contribution is -2.21. The van der Waals surface area contributed by atoms with Gasteiger partial charge in [0.25, 0.3) is 0 Å². The van der Waals surface area contributed by atoms with Crippen LogP contribution in [0.4, 0.5) is 11.4 Å². The van der Waals surface area contributed by atoms with Gasteiger partial charge in [-0.05, 0) is 75.7 Å². The summed E-state index contributed by atoms with van der Waals surface area (Å²) >= 11 is 0. The van der Waals surface area contributed by atoms with Crippen LogP contribution in [-0.4, -0.2) is 31.4 Å². The van der Waals surface area contributed by atoms with Gasteiger partial charge < -0.3 is 15.0 Å². The summed E-state index contributed by atoms with van der Waals surface area (Å²) in [5.74, 6) is 0.705. The van der Waals surface area contributed by atoms with Gasteiger partial charge >= 0.3 is 0 Å². The third-order valence-electron chi connectivity index (χ3n) is 4.36. The number of Topliss-reactive ketones (excluding diaryl/α,β-unsaturated/α-hetero) is 1. The number of carbonyl (C=O) groups excluding carboxylic acids is 2. The van der Waals surface area contributed by atoms with E-state index in [2.05, 4.69) is 24.1 Å². The summed E-state index contributed by atoms with van der Waals surface area (Å²) in [6, 6.07) is 14.9. The van der Waals surface area contributed by atoms with E-state index in [0.29, 0.717) is 30.8 Å². The maximum absolute atomic E-state index is 12.1. The molecule has 144 valence electrons. The summed E-state index contributed by atoms with van der Waals surface area (Å²) < 4.78 is 5.61. The summed E-state index contributed by atoms with van der Waals surface area (Å²) in [6.07, 6.45) is 1.02. The lowest BCUT2D eigenvalue weighted by Gasteiger charge is -2.21. The van der Waals surface area contributed by atoms with Crippen molar-refractivity contribution in [1.82, 2.24) is 0 Å². The minimum Gasteiger partial charge on any atom is -0.494 e. The van der Waals surface area contributed by atoms with Crippen molar-refractivity contribution < 1.29 is 14.3 Å². The molecule has 5 nitrogen and oxygen atoms in total. The van der Waals surface area contributed by atoms with Crippen LogP contribution in [0.25, 0.3) is 0 Å². The van der Waals surface area contributed by atoms with Crippen molar-refractivity contribution in [3.05, 3.63) is 54.1 Å². The van der Waals surface area contributed by atoms with Gasteiger partial charge in [-0.3, -0.25) is 9.59 Å². The number of hydrogen-bond donors (Lipinski definition) is 1. The maximum Gasteiger partial charge on any atom is 0.224 e. The van der Waals surface area contributed by atoms with Crippen LogP contribution in [-0.2, 0) is 4.79 Å². The van der Waals surface area contributed by atoms with Crippen LogP contribution in [0, 0.1) is 0 Å². The van der Waals surface area contributed by atoms with Crippen molar-refractivity contribution in [3.8, 4) is 5.75 Å². The molecule has 0 aliphatic heterocycles. The molecule has 0 aromatic heterocycles. The monoisotopic (exact) mass is 368 g/mol. The van der Waals surface area contributed by atoms with E-state index in [-0.39, 0.29) is 11.7 Å². The van der Waals surface area contributed by atoms with Crippen molar-refractivity contribution in [2.45, 2.75) is 33.6 Å². The SMILES string of the molecule is CCN(CC)c1ccc(NC(=O)CCCOc2ccc(C(C)=O)cc2)cc1. The number of benzene rings is 2. The second-order valence-corrected chi connectivity index (χ2v) is 6.30. The fourth-order valence-corrected chi connectivity index (χ4v) is 2.78. The molecule has 0 unspecified atom stereocenters. The molecule has 1 amide bonds. The average molecular weight is 368 g/mol. The Morgan fingerprint density at radius 2 is 1.59 bits per heavy atom. The first-order chi connectivity index (χ1) is 13.0. The largest absolute Gasteiger partial charge is 0.494 e. The normalized spacial score (nSPS) is 10.3. The molecule has 0 saturated heterocycles. The van der Waals surface area contributed by atoms with Gasteiger partial charge in [-0.1, -0.05) is 0 Å². The highest BCUT2D eigenvalue weighted by atomic mass is 16.5. The third-order valence-corrected chi connectivity index (χ3v) is 4.36. The molecular weight excluding hydrogens is 340 g/mol. The Balaban J connectivity index is 1.72. The minimum absolute atomic E-state index is 0.0267. The molecule has 27 heavy (non-hydrogen) atoms. The molecule has 0 atom stereocenters. The van der Waals surface area contributed by atoms with E-state index >= 15 is 0 Å². The number of ether oxygens (including phenoxy) is 1. The fourth-order valence-electron chi connectivity index (χ4n) is 2.78. The van der Waals surface area contributed by atoms with Gasteiger partial charge in [0, 0.05) is 36.4 Å². The van der Waals surface area contributed by atoms with Gasteiger partial charge in [-0.2, -0.15) is 0 Å². The Kier molecular flexibility index (Phi) is 7.86. The van der Waals surface area contributed by atoms with Crippen LogP contribution < -0.4 is 15.0 Å². The zero-order chi connectivity index (χ0) is 19.6. The molecule has 0 aliphatic rings. The Hall–Kier alpha value is -2.82. The summed E-state index contributed by atoms with van der Waals surface area (Å²) in [7, 11) is 0. The van der Waals surface area contributed by atoms with Crippen LogP contribution >= 0.6 is 0 Å². The Morgan fingerprint density at radius 3 is 2.15 bits per heavy atom. The van der Waals surface area contributed by atoms with E-state index in [9.17, 15) is 9.59 Å². The Labute approximate surface area is 161 Å². The number of nitrogens with zero attached hydrogens (tertiary/aromatic N) is 1. The van der Waals surface area contributed by atoms with E-state index < -0.39 is 0 Å². The summed E-state index contributed by atoms with van der Waals surface area (Å²) in [5, 5.41) is 2.91. The van der Waals surface area contributed by atoms with Crippen molar-refractivity contribution in [2.75, 3.05) is 29.9 Å². The molecule has 0 saturated carbocycles. The molecule has 0 bridgehead atoms. The molecule has 0 fully saturated rings. The Bertz CT molecular complexity index is 735. The molecule has 2 aromatic rings. The molecular formula is C22H28N2O3. The predicted molar refractivity (Wildman–Crippen MR) is 110 cm³/mol. The first-order valence-electron chi connectivity index (χ1n) is 9.42. The minimum atomic E-state index is -0.0267. The quantitative estimate of drug-likeness (QED) is 0.494. The molecule has 0 aliphatic carbocycles. The molecule has 0 spiro atoms. The highest BCUT2D eigenvalue weighted by molar-refractivity contribution is 5.94. The predicted octanol–water partition coefficient (Wildman–Crippen LogP) is 4.53. The first kappa shape index (κ1) is 20.5. The number of nitrogens with one attached hydrogen (secondary N) is 1. The van der Waals surface area contributed by atoms with Gasteiger partial charge in [0.2, 0.25) is 5.91 Å². The maximum atomic E-state index is 12.1. The van der Waals surface area contributed by atoms with Crippen LogP contribution in [0.2, 0.25) is 0 Å². The molecule has 2 aromatic carbocycles. The van der Waals surface area contributed by atoms with Crippen molar-refractivity contribution in [3.63, 3.8) is 0 Å². The van der Waals surface area contributed by atoms with Gasteiger partial charge in [0.05, 0.1) is 6.61 Å². The van der Waals surface area contributed by atoms with Gasteiger partial charge in [0.15, 0.2) is 5.78 Å². The second-order valence-electron chi connectivity index (χ2n) is 6.30. The van der Waals surface area contributed by atoms with Gasteiger partial charge in [-0.25, -0.2) is 0 Å². The van der Waals surface area contributed by atoms with E-state index in [0.717, 1.165) is 24.5 Å². The zero-order valence-electron chi connectivity index (χ0n) is 16.3. The molecule has 5 heteroatoms. The number of carbonyl (C=O) groups is 2. The molecule has 2 rings (SSSR count). The molecule has 0 radical (unpaired) electrons. The zero-order valence-corrected chi connectivity index (χ0v) is 16.3. The number of rotatable bonds is 10. The highest BCUT2D eigenvalue weighted by Crippen LogP contribution is 2.18. The van der Waals surface area contributed by atoms with Crippen LogP contribution in [0.15, 0.2) is 48.5 Å². The fraction of sp³-hybridized carbons (Fsp3) is 0.364. The summed E-state index contributed by atoms with van der Waals surface area (Å²) in [4.78, 5) is 25.6. The van der Waals surface area contributed by atoms with Crippen LogP contribution in [0.3, 0.4) is 0 Å². The number of ketones is 1. The van der Waals surface area contributed by atoms with Gasteiger partial charge in [-0.15, -0.1) is 0 Å². The van der Waals surface area contributed by atoms with E-state index in [1.807, 2.05) is 24.3 Å². The lowest BCUT2D eigenvalue weighted by molar-refractivity contribution is -0.116. The Morgan fingerprint density at radius 1 is 0.963 bits per heavy atom. The van der Waals surface area contributed by atoms with Crippen molar-refractivity contribution in [1.29, 1.82) is 0 Å². The average Bonchev–Trinajstić information content (AvgIpc) is 2.68. The summed E-state index contributed by atoms with van der Waals surface area (Å²) in [5.41, 5.74) is 2.62. The first-order valence-corrected chi connectivity index (χ1v) is 9.42. The standard InChI is InChI=1S/C22H28N2O3/c1-4-24(5-2)20-12-10-19(11-13-20)23-22(26)7-6-16-27-21-14-8-18(9-15-21)17(3)25/h8-15H,4-7,16H2,1-3H3,(H,23,26). The van der Waals surface area contributed by atoms with E-state index in [1.54, 1.807) is 24.3 Å². The number of amides is 1. The second kappa shape index (κ2) is 10.4. The van der Waals surface area contributed by atoms with E-state index in [4.69, 9.17) is 4.74 Å². The van der Waals surface area contributed by atoms with Crippen molar-refractivity contribution in [2.24, 2.45) is 0 Å². The molecule has 1 N–H and O–H groups in total. The van der Waals surface area contributed by atoms with Crippen molar-refractivity contribution >= 4 is 23.1 Å². The number of anilines is 2. The topological polar surface area (TPSA) is 58.6 Å². The summed E-state index contributed by atoms with van der Waals surface area (Å²) in [6.45, 7) is 8.15. The van der Waals surface area contributed by atoms with E-state index in [1.165, 1.54) is 6.92 Å². The van der Waals surface area contributed by atoms with Gasteiger partial charge in [0.1, 0.15) is 5.75 Å². The lowest BCUT2D eigenvalue weighted by atomic mass is 10.1. The number of hydrogen-bond acceptors (Lipinski definition) is 4. The van der Waals surface area contributed by atoms with Crippen LogP contribution in [0.5, 0.6) is 5.75 Å². The smallest absolute Gasteiger partial charge is 0.224 e. The highest BCUT2D eigenvalue weighted by Gasteiger charge is 2.05. The molecule has 0 heterocycles.